The predicted molar refractivity (Wildman–Crippen MR) is 86.5 cm³/mol. The molecule has 0 amide bonds. The Labute approximate surface area is 127 Å². The molecule has 1 saturated heterocycles. The number of allylic oxidation sites excluding steroid dienone is 2. The highest BCUT2D eigenvalue weighted by Gasteiger charge is 2.31. The van der Waals surface area contributed by atoms with Gasteiger partial charge in [0.25, 0.3) is 6.71 Å². The number of nitrogens with one attached hydrogen (secondary N) is 3. The van der Waals surface area contributed by atoms with Crippen molar-refractivity contribution in [1.82, 2.24) is 15.8 Å². The Hall–Kier alpha value is -1.74. The fraction of sp³-hybridized carbons (Fsp3) is 0.600. The molecule has 2 rings (SSSR count). The van der Waals surface area contributed by atoms with Gasteiger partial charge >= 0.3 is 0 Å². The van der Waals surface area contributed by atoms with Gasteiger partial charge in [0.05, 0.1) is 0 Å². The largest absolute Gasteiger partial charge is 0.344 e. The summed E-state index contributed by atoms with van der Waals surface area (Å²) < 4.78 is 0. The molecule has 6 heteroatoms. The molecular weight excluding hydrogens is 261 g/mol. The second kappa shape index (κ2) is 6.81. The van der Waals surface area contributed by atoms with Crippen LogP contribution < -0.4 is 10.7 Å². The van der Waals surface area contributed by atoms with Gasteiger partial charge in [0.2, 0.25) is 0 Å². The van der Waals surface area contributed by atoms with E-state index in [-0.39, 0.29) is 6.71 Å². The zero-order chi connectivity index (χ0) is 15.4. The zero-order valence-corrected chi connectivity index (χ0v) is 13.2. The average molecular weight is 285 g/mol. The molecule has 0 spiro atoms. The van der Waals surface area contributed by atoms with E-state index >= 15 is 0 Å². The molecule has 0 radical (unpaired) electrons. The third kappa shape index (κ3) is 3.30. The van der Waals surface area contributed by atoms with Gasteiger partial charge in [-0.2, -0.15) is 0 Å². The summed E-state index contributed by atoms with van der Waals surface area (Å²) in [5.41, 5.74) is 5.36. The standard InChI is InChI=1S/C15H24BN5/c1-4-11(2)15-20-13(8-14(18)21(15)19-3)12-6-5-7-16(9-12)10-17/h8,12,18-20H,4-7,9H2,1-3H3/b15-11+,18-14?. The lowest BCUT2D eigenvalue weighted by molar-refractivity contribution is 0.369. The van der Waals surface area contributed by atoms with Crippen LogP contribution in [0.1, 0.15) is 33.1 Å². The molecule has 1 unspecified atom stereocenters. The van der Waals surface area contributed by atoms with Gasteiger partial charge in [-0.3, -0.25) is 5.41 Å². The van der Waals surface area contributed by atoms with Gasteiger partial charge in [-0.05, 0) is 31.3 Å². The topological polar surface area (TPSA) is 74.9 Å². The minimum absolute atomic E-state index is 0.155. The number of nitriles is 1. The molecular formula is C15H24BN5. The highest BCUT2D eigenvalue weighted by molar-refractivity contribution is 6.67. The van der Waals surface area contributed by atoms with Crippen molar-refractivity contribution in [2.75, 3.05) is 7.05 Å². The molecule has 0 aromatic carbocycles. The van der Waals surface area contributed by atoms with Crippen LogP contribution in [0.5, 0.6) is 0 Å². The van der Waals surface area contributed by atoms with Crippen molar-refractivity contribution in [3.63, 3.8) is 0 Å². The SMILES string of the molecule is CC/C(C)=C1\NC(C2CCCB(C#N)C2)=CC(=N)N1NC. The fourth-order valence-electron chi connectivity index (χ4n) is 3.07. The zero-order valence-electron chi connectivity index (χ0n) is 13.2. The number of nitrogens with zero attached hydrogens (tertiary/aromatic N) is 2. The van der Waals surface area contributed by atoms with Crippen LogP contribution in [0.4, 0.5) is 0 Å². The van der Waals surface area contributed by atoms with E-state index in [1.807, 2.05) is 13.1 Å². The van der Waals surface area contributed by atoms with E-state index in [1.165, 1.54) is 5.57 Å². The summed E-state index contributed by atoms with van der Waals surface area (Å²) >= 11 is 0. The molecule has 2 heterocycles. The van der Waals surface area contributed by atoms with Crippen LogP contribution in [0.2, 0.25) is 12.6 Å². The molecule has 112 valence electrons. The van der Waals surface area contributed by atoms with E-state index in [0.717, 1.165) is 43.4 Å². The molecule has 2 aliphatic rings. The first-order valence-corrected chi connectivity index (χ1v) is 7.74. The molecule has 5 nitrogen and oxygen atoms in total. The molecule has 0 bridgehead atoms. The maximum atomic E-state index is 9.16. The first kappa shape index (κ1) is 15.6. The van der Waals surface area contributed by atoms with Crippen LogP contribution >= 0.6 is 0 Å². The fourth-order valence-corrected chi connectivity index (χ4v) is 3.07. The normalized spacial score (nSPS) is 25.1. The summed E-state index contributed by atoms with van der Waals surface area (Å²) in [6.07, 6.45) is 6.94. The van der Waals surface area contributed by atoms with Crippen molar-refractivity contribution in [1.29, 1.82) is 10.7 Å². The summed E-state index contributed by atoms with van der Waals surface area (Å²) in [6, 6.07) is 0. The van der Waals surface area contributed by atoms with Crippen molar-refractivity contribution in [2.45, 2.75) is 45.8 Å². The predicted octanol–water partition coefficient (Wildman–Crippen LogP) is 2.50. The molecule has 0 aromatic rings. The molecule has 21 heavy (non-hydrogen) atoms. The van der Waals surface area contributed by atoms with Crippen LogP contribution in [0.3, 0.4) is 0 Å². The third-order valence-corrected chi connectivity index (χ3v) is 4.47. The lowest BCUT2D eigenvalue weighted by Gasteiger charge is -2.36. The maximum absolute atomic E-state index is 9.16. The highest BCUT2D eigenvalue weighted by Crippen LogP contribution is 2.32. The molecule has 0 aliphatic carbocycles. The average Bonchev–Trinajstić information content (AvgIpc) is 2.53. The number of hydrogen-bond donors (Lipinski definition) is 3. The van der Waals surface area contributed by atoms with E-state index in [9.17, 15) is 0 Å². The number of hydrazine groups is 1. The summed E-state index contributed by atoms with van der Waals surface area (Å²) in [4.78, 5) is 0. The lowest BCUT2D eigenvalue weighted by Crippen LogP contribution is -2.48. The van der Waals surface area contributed by atoms with E-state index in [4.69, 9.17) is 10.7 Å². The summed E-state index contributed by atoms with van der Waals surface area (Å²) in [6.45, 7) is 4.36. The molecule has 2 aliphatic heterocycles. The third-order valence-electron chi connectivity index (χ3n) is 4.47. The van der Waals surface area contributed by atoms with Crippen molar-refractivity contribution in [3.8, 4) is 5.97 Å². The Morgan fingerprint density at radius 2 is 2.43 bits per heavy atom. The first-order chi connectivity index (χ1) is 10.1. The molecule has 1 fully saturated rings. The van der Waals surface area contributed by atoms with Gasteiger partial charge in [-0.1, -0.05) is 26.0 Å². The van der Waals surface area contributed by atoms with Crippen LogP contribution in [0.25, 0.3) is 0 Å². The summed E-state index contributed by atoms with van der Waals surface area (Å²) in [7, 11) is 1.82. The van der Waals surface area contributed by atoms with Crippen LogP contribution in [-0.4, -0.2) is 24.6 Å². The monoisotopic (exact) mass is 285 g/mol. The Morgan fingerprint density at radius 3 is 3.05 bits per heavy atom. The van der Waals surface area contributed by atoms with E-state index in [2.05, 4.69) is 30.6 Å². The minimum Gasteiger partial charge on any atom is -0.344 e. The van der Waals surface area contributed by atoms with E-state index < -0.39 is 0 Å². The maximum Gasteiger partial charge on any atom is 0.268 e. The Bertz CT molecular complexity index is 517. The minimum atomic E-state index is 0.155. The number of rotatable bonds is 3. The smallest absolute Gasteiger partial charge is 0.268 e. The second-order valence-corrected chi connectivity index (χ2v) is 5.84. The summed E-state index contributed by atoms with van der Waals surface area (Å²) in [5.74, 6) is 4.18. The lowest BCUT2D eigenvalue weighted by atomic mass is 9.40. The van der Waals surface area contributed by atoms with E-state index in [1.54, 1.807) is 5.01 Å². The van der Waals surface area contributed by atoms with E-state index in [0.29, 0.717) is 11.8 Å². The Balaban J connectivity index is 2.25. The van der Waals surface area contributed by atoms with Crippen molar-refractivity contribution >= 4 is 12.5 Å². The van der Waals surface area contributed by atoms with Crippen LogP contribution in [0, 0.1) is 22.6 Å². The first-order valence-electron chi connectivity index (χ1n) is 7.74. The number of amidine groups is 1. The quantitative estimate of drug-likeness (QED) is 0.696. The Morgan fingerprint density at radius 1 is 1.67 bits per heavy atom. The van der Waals surface area contributed by atoms with Gasteiger partial charge in [-0.15, -0.1) is 0 Å². The molecule has 1 atom stereocenters. The van der Waals surface area contributed by atoms with Gasteiger partial charge in [-0.25, -0.2) is 15.7 Å². The van der Waals surface area contributed by atoms with Gasteiger partial charge in [0, 0.05) is 24.8 Å². The van der Waals surface area contributed by atoms with Crippen LogP contribution in [-0.2, 0) is 0 Å². The van der Waals surface area contributed by atoms with Crippen LogP contribution in [0.15, 0.2) is 23.2 Å². The van der Waals surface area contributed by atoms with Gasteiger partial charge in [0.15, 0.2) is 0 Å². The highest BCUT2D eigenvalue weighted by atomic mass is 15.6. The molecule has 0 aromatic heterocycles. The van der Waals surface area contributed by atoms with Gasteiger partial charge < -0.3 is 5.32 Å². The molecule has 3 N–H and O–H groups in total. The van der Waals surface area contributed by atoms with Crippen molar-refractivity contribution in [3.05, 3.63) is 23.2 Å². The molecule has 0 saturated carbocycles. The Kier molecular flexibility index (Phi) is 5.08. The summed E-state index contributed by atoms with van der Waals surface area (Å²) in [5, 5.41) is 22.7. The van der Waals surface area contributed by atoms with Crippen molar-refractivity contribution in [2.24, 2.45) is 5.92 Å². The second-order valence-electron chi connectivity index (χ2n) is 5.84. The van der Waals surface area contributed by atoms with Gasteiger partial charge in [0.1, 0.15) is 11.7 Å². The van der Waals surface area contributed by atoms with Crippen molar-refractivity contribution < 1.29 is 0 Å². The number of hydrogen-bond acceptors (Lipinski definition) is 4.